The Morgan fingerprint density at radius 1 is 1.00 bits per heavy atom. The monoisotopic (exact) mass is 282 g/mol. The molecule has 1 aromatic carbocycles. The van der Waals surface area contributed by atoms with Crippen LogP contribution in [0.25, 0.3) is 0 Å². The number of benzene rings is 1. The van der Waals surface area contributed by atoms with Gasteiger partial charge in [0.25, 0.3) is 0 Å². The van der Waals surface area contributed by atoms with Crippen molar-refractivity contribution in [2.45, 2.75) is 13.2 Å². The molecular formula is C11H8Cl2N4O. The molecule has 1 N–H and O–H groups in total. The first-order valence-electron chi connectivity index (χ1n) is 5.24. The summed E-state index contributed by atoms with van der Waals surface area (Å²) in [4.78, 5) is 11.6. The van der Waals surface area contributed by atoms with Gasteiger partial charge in [0.1, 0.15) is 0 Å². The molecule has 2 heterocycles. The summed E-state index contributed by atoms with van der Waals surface area (Å²) in [5.41, 5.74) is 3.22. The Kier molecular flexibility index (Phi) is 3.03. The summed E-state index contributed by atoms with van der Waals surface area (Å²) in [6, 6.07) is 5.93. The lowest BCUT2D eigenvalue weighted by molar-refractivity contribution is 0.134. The Morgan fingerprint density at radius 3 is 2.50 bits per heavy atom. The minimum atomic E-state index is 0.0574. The second kappa shape index (κ2) is 4.68. The van der Waals surface area contributed by atoms with Crippen LogP contribution < -0.4 is 5.32 Å². The van der Waals surface area contributed by atoms with Crippen molar-refractivity contribution >= 4 is 34.8 Å². The average Bonchev–Trinajstić information content (AvgIpc) is 2.74. The number of nitrogens with one attached hydrogen (secondary N) is 1. The average molecular weight is 283 g/mol. The van der Waals surface area contributed by atoms with Crippen LogP contribution in [0.1, 0.15) is 11.1 Å². The fraction of sp³-hybridized carbons (Fsp3) is 0.182. The highest BCUT2D eigenvalue weighted by Crippen LogP contribution is 2.24. The van der Waals surface area contributed by atoms with E-state index in [1.54, 1.807) is 0 Å². The third-order valence-electron chi connectivity index (χ3n) is 2.56. The van der Waals surface area contributed by atoms with Gasteiger partial charge in [-0.25, -0.2) is 0 Å². The molecule has 0 atom stereocenters. The maximum atomic E-state index is 5.70. The molecule has 0 spiro atoms. The van der Waals surface area contributed by atoms with Crippen LogP contribution in [0.2, 0.25) is 10.6 Å². The molecule has 1 aliphatic heterocycles. The fourth-order valence-corrected chi connectivity index (χ4v) is 2.12. The first-order valence-corrected chi connectivity index (χ1v) is 6.00. The van der Waals surface area contributed by atoms with Crippen molar-refractivity contribution in [2.75, 3.05) is 5.32 Å². The lowest BCUT2D eigenvalue weighted by atomic mass is 10.1. The number of ether oxygens (including phenoxy) is 1. The van der Waals surface area contributed by atoms with Crippen molar-refractivity contribution in [3.8, 4) is 0 Å². The molecule has 2 aromatic rings. The molecule has 0 bridgehead atoms. The van der Waals surface area contributed by atoms with E-state index < -0.39 is 0 Å². The van der Waals surface area contributed by atoms with Crippen molar-refractivity contribution in [3.63, 3.8) is 0 Å². The Balaban J connectivity index is 1.88. The molecule has 3 rings (SSSR count). The van der Waals surface area contributed by atoms with E-state index in [0.29, 0.717) is 19.2 Å². The molecule has 5 nitrogen and oxygen atoms in total. The van der Waals surface area contributed by atoms with Gasteiger partial charge in [0, 0.05) is 5.69 Å². The van der Waals surface area contributed by atoms with E-state index in [-0.39, 0.29) is 10.6 Å². The molecule has 0 saturated heterocycles. The number of aromatic nitrogens is 3. The number of hydrogen-bond acceptors (Lipinski definition) is 5. The van der Waals surface area contributed by atoms with Crippen LogP contribution in [0.3, 0.4) is 0 Å². The van der Waals surface area contributed by atoms with Crippen LogP contribution in [0.4, 0.5) is 11.6 Å². The third kappa shape index (κ3) is 2.38. The molecule has 1 aliphatic rings. The van der Waals surface area contributed by atoms with Gasteiger partial charge in [-0.15, -0.1) is 0 Å². The summed E-state index contributed by atoms with van der Waals surface area (Å²) < 4.78 is 5.35. The normalized spacial score (nSPS) is 13.4. The Labute approximate surface area is 113 Å². The lowest BCUT2D eigenvalue weighted by Crippen LogP contribution is -2.00. The van der Waals surface area contributed by atoms with Gasteiger partial charge < -0.3 is 10.1 Å². The molecule has 0 unspecified atom stereocenters. The van der Waals surface area contributed by atoms with E-state index in [9.17, 15) is 0 Å². The highest BCUT2D eigenvalue weighted by molar-refractivity contribution is 6.31. The van der Waals surface area contributed by atoms with Crippen molar-refractivity contribution in [1.82, 2.24) is 15.0 Å². The molecule has 0 saturated carbocycles. The van der Waals surface area contributed by atoms with E-state index >= 15 is 0 Å². The van der Waals surface area contributed by atoms with Gasteiger partial charge in [0.15, 0.2) is 0 Å². The number of halogens is 2. The zero-order chi connectivity index (χ0) is 12.5. The first kappa shape index (κ1) is 11.6. The van der Waals surface area contributed by atoms with Crippen LogP contribution in [0.5, 0.6) is 0 Å². The van der Waals surface area contributed by atoms with Gasteiger partial charge in [-0.05, 0) is 46.5 Å². The summed E-state index contributed by atoms with van der Waals surface area (Å²) in [6.45, 7) is 1.29. The van der Waals surface area contributed by atoms with Crippen LogP contribution in [0, 0.1) is 0 Å². The number of fused-ring (bicyclic) bond motifs is 1. The van der Waals surface area contributed by atoms with Gasteiger partial charge in [-0.1, -0.05) is 6.07 Å². The first-order chi connectivity index (χ1) is 8.70. The second-order valence-corrected chi connectivity index (χ2v) is 4.47. The smallest absolute Gasteiger partial charge is 0.232 e. The third-order valence-corrected chi connectivity index (χ3v) is 2.90. The molecular weight excluding hydrogens is 275 g/mol. The van der Waals surface area contributed by atoms with Gasteiger partial charge in [-0.2, -0.15) is 15.0 Å². The minimum Gasteiger partial charge on any atom is -0.372 e. The zero-order valence-corrected chi connectivity index (χ0v) is 10.7. The quantitative estimate of drug-likeness (QED) is 0.918. The summed E-state index contributed by atoms with van der Waals surface area (Å²) in [6.07, 6.45) is 0. The molecule has 7 heteroatoms. The minimum absolute atomic E-state index is 0.0574. The highest BCUT2D eigenvalue weighted by Gasteiger charge is 2.12. The maximum Gasteiger partial charge on any atom is 0.232 e. The molecule has 92 valence electrons. The van der Waals surface area contributed by atoms with E-state index in [1.165, 1.54) is 5.56 Å². The molecule has 0 amide bonds. The van der Waals surface area contributed by atoms with Crippen LogP contribution in [-0.4, -0.2) is 15.0 Å². The van der Waals surface area contributed by atoms with Crippen molar-refractivity contribution < 1.29 is 4.74 Å². The fourth-order valence-electron chi connectivity index (χ4n) is 1.76. The zero-order valence-electron chi connectivity index (χ0n) is 9.15. The Hall–Kier alpha value is -1.43. The number of hydrogen-bond donors (Lipinski definition) is 1. The van der Waals surface area contributed by atoms with Gasteiger partial charge in [0.05, 0.1) is 13.2 Å². The van der Waals surface area contributed by atoms with Crippen LogP contribution in [0.15, 0.2) is 18.2 Å². The predicted molar refractivity (Wildman–Crippen MR) is 68.1 cm³/mol. The molecule has 18 heavy (non-hydrogen) atoms. The van der Waals surface area contributed by atoms with E-state index in [1.807, 2.05) is 18.2 Å². The number of anilines is 2. The molecule has 0 fully saturated rings. The number of nitrogens with zero attached hydrogens (tertiary/aromatic N) is 3. The van der Waals surface area contributed by atoms with Gasteiger partial charge >= 0.3 is 0 Å². The lowest BCUT2D eigenvalue weighted by Gasteiger charge is -2.06. The van der Waals surface area contributed by atoms with Gasteiger partial charge in [-0.3, -0.25) is 0 Å². The van der Waals surface area contributed by atoms with Crippen molar-refractivity contribution in [2.24, 2.45) is 0 Å². The molecule has 1 aromatic heterocycles. The van der Waals surface area contributed by atoms with E-state index in [0.717, 1.165) is 11.3 Å². The molecule has 0 aliphatic carbocycles. The molecule has 0 radical (unpaired) electrons. The number of rotatable bonds is 2. The van der Waals surface area contributed by atoms with Gasteiger partial charge in [0.2, 0.25) is 16.5 Å². The summed E-state index contributed by atoms with van der Waals surface area (Å²) >= 11 is 11.4. The van der Waals surface area contributed by atoms with Crippen molar-refractivity contribution in [3.05, 3.63) is 39.9 Å². The Morgan fingerprint density at radius 2 is 1.72 bits per heavy atom. The largest absolute Gasteiger partial charge is 0.372 e. The topological polar surface area (TPSA) is 59.9 Å². The summed E-state index contributed by atoms with van der Waals surface area (Å²) in [7, 11) is 0. The SMILES string of the molecule is Clc1nc(Cl)nc(Nc2ccc3c(c2)COC3)n1. The maximum absolute atomic E-state index is 5.70. The standard InChI is InChI=1S/C11H8Cl2N4O/c12-9-15-10(13)17-11(16-9)14-8-2-1-6-4-18-5-7(6)3-8/h1-3H,4-5H2,(H,14,15,16,17). The van der Waals surface area contributed by atoms with E-state index in [2.05, 4.69) is 20.3 Å². The van der Waals surface area contributed by atoms with E-state index in [4.69, 9.17) is 27.9 Å². The highest BCUT2D eigenvalue weighted by atomic mass is 35.5. The summed E-state index contributed by atoms with van der Waals surface area (Å²) in [5.74, 6) is 0.318. The second-order valence-electron chi connectivity index (χ2n) is 3.80. The van der Waals surface area contributed by atoms with Crippen LogP contribution >= 0.6 is 23.2 Å². The predicted octanol–water partition coefficient (Wildman–Crippen LogP) is 2.95. The van der Waals surface area contributed by atoms with Crippen LogP contribution in [-0.2, 0) is 18.0 Å². The Bertz CT molecular complexity index is 585. The summed E-state index contributed by atoms with van der Waals surface area (Å²) in [5, 5.41) is 3.14. The van der Waals surface area contributed by atoms with Crippen molar-refractivity contribution in [1.29, 1.82) is 0 Å².